The number of hydrogen-bond acceptors (Lipinski definition) is 5. The fourth-order valence-electron chi connectivity index (χ4n) is 4.09. The van der Waals surface area contributed by atoms with Gasteiger partial charge in [0.1, 0.15) is 5.75 Å². The SMILES string of the molecule is O=C(CCCc1ccccc1)N1CCN(C(=O)COc2ccc(C3SCCCS3)cc2)CC1. The summed E-state index contributed by atoms with van der Waals surface area (Å²) in [6, 6.07) is 18.4. The summed E-state index contributed by atoms with van der Waals surface area (Å²) in [5.74, 6) is 3.33. The summed E-state index contributed by atoms with van der Waals surface area (Å²) < 4.78 is 6.25. The average molecular weight is 485 g/mol. The zero-order chi connectivity index (χ0) is 22.9. The molecule has 2 fully saturated rings. The summed E-state index contributed by atoms with van der Waals surface area (Å²) in [5.41, 5.74) is 2.58. The molecule has 0 radical (unpaired) electrons. The van der Waals surface area contributed by atoms with Crippen LogP contribution in [0.1, 0.15) is 35.0 Å². The average Bonchev–Trinajstić information content (AvgIpc) is 2.89. The Morgan fingerprint density at radius 2 is 1.48 bits per heavy atom. The van der Waals surface area contributed by atoms with Crippen molar-refractivity contribution >= 4 is 35.3 Å². The van der Waals surface area contributed by atoms with Gasteiger partial charge in [0.2, 0.25) is 5.91 Å². The summed E-state index contributed by atoms with van der Waals surface area (Å²) in [6.07, 6.45) is 3.61. The molecule has 2 aliphatic rings. The van der Waals surface area contributed by atoms with Gasteiger partial charge in [0, 0.05) is 32.6 Å². The Morgan fingerprint density at radius 3 is 2.15 bits per heavy atom. The molecule has 0 saturated carbocycles. The minimum absolute atomic E-state index is 0.0198. The van der Waals surface area contributed by atoms with Crippen molar-refractivity contribution in [3.05, 3.63) is 65.7 Å². The first-order valence-electron chi connectivity index (χ1n) is 11.7. The molecule has 0 atom stereocenters. The van der Waals surface area contributed by atoms with E-state index in [-0.39, 0.29) is 18.4 Å². The lowest BCUT2D eigenvalue weighted by Gasteiger charge is -2.34. The fraction of sp³-hybridized carbons (Fsp3) is 0.462. The second kappa shape index (κ2) is 12.4. The van der Waals surface area contributed by atoms with Gasteiger partial charge in [0.25, 0.3) is 5.91 Å². The van der Waals surface area contributed by atoms with Gasteiger partial charge in [-0.05, 0) is 54.0 Å². The molecule has 7 heteroatoms. The summed E-state index contributed by atoms with van der Waals surface area (Å²) >= 11 is 4.00. The highest BCUT2D eigenvalue weighted by molar-refractivity contribution is 8.16. The predicted octanol–water partition coefficient (Wildman–Crippen LogP) is 4.63. The summed E-state index contributed by atoms with van der Waals surface area (Å²) in [4.78, 5) is 28.8. The highest BCUT2D eigenvalue weighted by Crippen LogP contribution is 2.43. The number of piperazine rings is 1. The summed E-state index contributed by atoms with van der Waals surface area (Å²) in [6.45, 7) is 2.38. The number of nitrogens with zero attached hydrogens (tertiary/aromatic N) is 2. The minimum Gasteiger partial charge on any atom is -0.484 e. The van der Waals surface area contributed by atoms with Gasteiger partial charge in [-0.1, -0.05) is 42.5 Å². The van der Waals surface area contributed by atoms with Crippen molar-refractivity contribution in [3.63, 3.8) is 0 Å². The second-order valence-electron chi connectivity index (χ2n) is 8.39. The second-order valence-corrected chi connectivity index (χ2v) is 11.1. The van der Waals surface area contributed by atoms with Crippen LogP contribution in [0.25, 0.3) is 0 Å². The van der Waals surface area contributed by atoms with Gasteiger partial charge in [-0.2, -0.15) is 0 Å². The highest BCUT2D eigenvalue weighted by atomic mass is 32.2. The number of rotatable bonds is 8. The Morgan fingerprint density at radius 1 is 0.848 bits per heavy atom. The first kappa shape index (κ1) is 24.0. The summed E-state index contributed by atoms with van der Waals surface area (Å²) in [5, 5.41) is 0. The van der Waals surface area contributed by atoms with Gasteiger partial charge >= 0.3 is 0 Å². The van der Waals surface area contributed by atoms with Gasteiger partial charge in [-0.25, -0.2) is 0 Å². The van der Waals surface area contributed by atoms with Crippen molar-refractivity contribution in [2.75, 3.05) is 44.3 Å². The first-order chi connectivity index (χ1) is 16.2. The zero-order valence-corrected chi connectivity index (χ0v) is 20.6. The number of thioether (sulfide) groups is 2. The molecule has 0 spiro atoms. The lowest BCUT2D eigenvalue weighted by molar-refractivity contribution is -0.140. The minimum atomic E-state index is -0.0198. The molecule has 2 heterocycles. The van der Waals surface area contributed by atoms with Crippen LogP contribution in [0.4, 0.5) is 0 Å². The number of hydrogen-bond donors (Lipinski definition) is 0. The van der Waals surface area contributed by atoms with E-state index in [1.54, 1.807) is 4.90 Å². The molecule has 0 aromatic heterocycles. The van der Waals surface area contributed by atoms with Crippen molar-refractivity contribution < 1.29 is 14.3 Å². The Hall–Kier alpha value is -2.12. The standard InChI is InChI=1S/C26H32N2O3S2/c29-24(9-4-8-21-6-2-1-3-7-21)27-14-16-28(17-15-27)25(30)20-31-23-12-10-22(11-13-23)26-32-18-5-19-33-26/h1-3,6-7,10-13,26H,4-5,8-9,14-20H2. The van der Waals surface area contributed by atoms with Crippen LogP contribution in [-0.2, 0) is 16.0 Å². The maximum absolute atomic E-state index is 12.6. The molecule has 176 valence electrons. The van der Waals surface area contributed by atoms with E-state index in [0.29, 0.717) is 37.2 Å². The lowest BCUT2D eigenvalue weighted by atomic mass is 10.1. The van der Waals surface area contributed by atoms with Gasteiger partial charge in [0.15, 0.2) is 6.61 Å². The third kappa shape index (κ3) is 7.18. The molecule has 2 amide bonds. The molecular formula is C26H32N2O3S2. The number of ether oxygens (including phenoxy) is 1. The zero-order valence-electron chi connectivity index (χ0n) is 19.0. The Kier molecular flexibility index (Phi) is 9.01. The Balaban J connectivity index is 1.14. The van der Waals surface area contributed by atoms with Crippen molar-refractivity contribution in [1.82, 2.24) is 9.80 Å². The third-order valence-corrected chi connectivity index (χ3v) is 9.04. The number of amides is 2. The number of carbonyl (C=O) groups is 2. The Bertz CT molecular complexity index is 894. The van der Waals surface area contributed by atoms with Crippen LogP contribution in [0.2, 0.25) is 0 Å². The molecule has 2 saturated heterocycles. The molecule has 2 aliphatic heterocycles. The largest absolute Gasteiger partial charge is 0.484 e. The van der Waals surface area contributed by atoms with E-state index in [4.69, 9.17) is 4.74 Å². The van der Waals surface area contributed by atoms with E-state index in [2.05, 4.69) is 24.3 Å². The molecule has 33 heavy (non-hydrogen) atoms. The summed E-state index contributed by atoms with van der Waals surface area (Å²) in [7, 11) is 0. The molecule has 0 N–H and O–H groups in total. The monoisotopic (exact) mass is 484 g/mol. The number of aryl methyl sites for hydroxylation is 1. The van der Waals surface area contributed by atoms with Crippen molar-refractivity contribution in [1.29, 1.82) is 0 Å². The van der Waals surface area contributed by atoms with Crippen LogP contribution in [0.15, 0.2) is 54.6 Å². The van der Waals surface area contributed by atoms with Crippen molar-refractivity contribution in [2.45, 2.75) is 30.3 Å². The van der Waals surface area contributed by atoms with Gasteiger partial charge < -0.3 is 14.5 Å². The molecular weight excluding hydrogens is 452 g/mol. The first-order valence-corrected chi connectivity index (χ1v) is 13.8. The molecule has 0 bridgehead atoms. The van der Waals surface area contributed by atoms with Crippen LogP contribution in [-0.4, -0.2) is 65.9 Å². The maximum atomic E-state index is 12.6. The normalized spacial score (nSPS) is 17.1. The van der Waals surface area contributed by atoms with E-state index in [1.807, 2.05) is 58.8 Å². The van der Waals surface area contributed by atoms with Crippen molar-refractivity contribution in [3.8, 4) is 5.75 Å². The van der Waals surface area contributed by atoms with E-state index in [1.165, 1.54) is 29.1 Å². The molecule has 0 aliphatic carbocycles. The Labute approximate surface area is 205 Å². The van der Waals surface area contributed by atoms with E-state index in [9.17, 15) is 9.59 Å². The third-order valence-electron chi connectivity index (χ3n) is 6.03. The lowest BCUT2D eigenvalue weighted by Crippen LogP contribution is -2.51. The molecule has 2 aromatic rings. The molecule has 0 unspecified atom stereocenters. The fourth-order valence-corrected chi connectivity index (χ4v) is 6.98. The number of carbonyl (C=O) groups excluding carboxylic acids is 2. The highest BCUT2D eigenvalue weighted by Gasteiger charge is 2.24. The molecule has 4 rings (SSSR count). The van der Waals surface area contributed by atoms with Gasteiger partial charge in [-0.15, -0.1) is 23.5 Å². The van der Waals surface area contributed by atoms with E-state index < -0.39 is 0 Å². The maximum Gasteiger partial charge on any atom is 0.260 e. The molecule has 2 aromatic carbocycles. The van der Waals surface area contributed by atoms with Crippen molar-refractivity contribution in [2.24, 2.45) is 0 Å². The van der Waals surface area contributed by atoms with E-state index >= 15 is 0 Å². The van der Waals surface area contributed by atoms with Crippen LogP contribution in [0, 0.1) is 0 Å². The smallest absolute Gasteiger partial charge is 0.260 e. The van der Waals surface area contributed by atoms with Gasteiger partial charge in [0.05, 0.1) is 4.58 Å². The quantitative estimate of drug-likeness (QED) is 0.547. The topological polar surface area (TPSA) is 49.9 Å². The van der Waals surface area contributed by atoms with Gasteiger partial charge in [-0.3, -0.25) is 9.59 Å². The molecule has 5 nitrogen and oxygen atoms in total. The predicted molar refractivity (Wildman–Crippen MR) is 137 cm³/mol. The van der Waals surface area contributed by atoms with E-state index in [0.717, 1.165) is 18.6 Å². The van der Waals surface area contributed by atoms with Crippen LogP contribution < -0.4 is 4.74 Å². The van der Waals surface area contributed by atoms with Crippen LogP contribution in [0.3, 0.4) is 0 Å². The van der Waals surface area contributed by atoms with Crippen LogP contribution >= 0.6 is 23.5 Å². The van der Waals surface area contributed by atoms with Crippen LogP contribution in [0.5, 0.6) is 5.75 Å². The number of benzene rings is 2.